The summed E-state index contributed by atoms with van der Waals surface area (Å²) >= 11 is 0. The van der Waals surface area contributed by atoms with Crippen LogP contribution < -0.4 is 9.47 Å². The summed E-state index contributed by atoms with van der Waals surface area (Å²) in [5.41, 5.74) is 0. The highest BCUT2D eigenvalue weighted by molar-refractivity contribution is 6.06. The molecule has 1 aliphatic heterocycles. The molecule has 10 nitrogen and oxygen atoms in total. The van der Waals surface area contributed by atoms with Crippen LogP contribution in [0.1, 0.15) is 0 Å². The first-order valence-corrected chi connectivity index (χ1v) is 6.43. The first kappa shape index (κ1) is 17.1. The minimum absolute atomic E-state index is 0.0236. The van der Waals surface area contributed by atoms with Gasteiger partial charge in [0.05, 0.1) is 14.2 Å². The Labute approximate surface area is 134 Å². The average molecular weight is 340 g/mol. The third-order valence-corrected chi connectivity index (χ3v) is 2.96. The molecule has 1 aromatic carbocycles. The number of benzene rings is 1. The maximum Gasteiger partial charge on any atom is 0.453 e. The van der Waals surface area contributed by atoms with E-state index in [0.29, 0.717) is 0 Å². The highest BCUT2D eigenvalue weighted by atomic mass is 16.8. The van der Waals surface area contributed by atoms with Gasteiger partial charge in [0.15, 0.2) is 11.5 Å². The monoisotopic (exact) mass is 340 g/mol. The van der Waals surface area contributed by atoms with Gasteiger partial charge in [-0.3, -0.25) is 0 Å². The molecule has 0 saturated heterocycles. The zero-order chi connectivity index (χ0) is 17.9. The molecule has 0 radical (unpaired) electrons. The Kier molecular flexibility index (Phi) is 4.58. The van der Waals surface area contributed by atoms with Gasteiger partial charge in [-0.15, -0.1) is 0 Å². The van der Waals surface area contributed by atoms with Gasteiger partial charge in [-0.1, -0.05) is 12.1 Å². The second kappa shape index (κ2) is 6.44. The molecule has 0 fully saturated rings. The third-order valence-electron chi connectivity index (χ3n) is 2.96. The predicted molar refractivity (Wildman–Crippen MR) is 72.0 cm³/mol. The third kappa shape index (κ3) is 2.81. The molecule has 24 heavy (non-hydrogen) atoms. The topological polar surface area (TPSA) is 135 Å². The van der Waals surface area contributed by atoms with E-state index in [4.69, 9.17) is 9.47 Å². The average Bonchev–Trinajstić information content (AvgIpc) is 2.99. The maximum atomic E-state index is 12.3. The van der Waals surface area contributed by atoms with Crippen LogP contribution in [0.2, 0.25) is 0 Å². The summed E-state index contributed by atoms with van der Waals surface area (Å²) in [4.78, 5) is 46.8. The lowest BCUT2D eigenvalue weighted by Crippen LogP contribution is -2.57. The molecule has 0 bridgehead atoms. The van der Waals surface area contributed by atoms with Crippen LogP contribution in [-0.4, -0.2) is 55.1 Å². The van der Waals surface area contributed by atoms with Crippen molar-refractivity contribution in [3.8, 4) is 11.5 Å². The molecule has 1 N–H and O–H groups in total. The first-order chi connectivity index (χ1) is 11.4. The number of aliphatic carboxylic acids is 1. The number of methoxy groups -OCH3 is 2. The molecular weight excluding hydrogens is 328 g/mol. The fourth-order valence-electron chi connectivity index (χ4n) is 1.80. The van der Waals surface area contributed by atoms with Crippen molar-refractivity contribution in [3.63, 3.8) is 0 Å². The molecule has 0 unspecified atom stereocenters. The molecular formula is C14H12O10. The van der Waals surface area contributed by atoms with E-state index in [0.717, 1.165) is 14.2 Å². The number of carbonyl (C=O) groups excluding carboxylic acids is 3. The van der Waals surface area contributed by atoms with Crippen molar-refractivity contribution in [2.24, 2.45) is 0 Å². The lowest BCUT2D eigenvalue weighted by Gasteiger charge is -2.22. The van der Waals surface area contributed by atoms with Crippen molar-refractivity contribution in [1.82, 2.24) is 0 Å². The van der Waals surface area contributed by atoms with Gasteiger partial charge in [0.2, 0.25) is 0 Å². The summed E-state index contributed by atoms with van der Waals surface area (Å²) < 4.78 is 23.3. The van der Waals surface area contributed by atoms with Crippen LogP contribution in [0.4, 0.5) is 0 Å². The van der Waals surface area contributed by atoms with Crippen molar-refractivity contribution >= 4 is 23.9 Å². The molecule has 1 heterocycles. The fraction of sp³-hybridized carbons (Fsp3) is 0.286. The van der Waals surface area contributed by atoms with E-state index in [9.17, 15) is 24.3 Å². The van der Waals surface area contributed by atoms with E-state index in [1.54, 1.807) is 0 Å². The molecule has 0 aromatic heterocycles. The summed E-state index contributed by atoms with van der Waals surface area (Å²) in [7, 11) is 1.88. The van der Waals surface area contributed by atoms with Crippen LogP contribution in [0, 0.1) is 0 Å². The number of carbonyl (C=O) groups is 4. The van der Waals surface area contributed by atoms with Gasteiger partial charge in [-0.05, 0) is 12.1 Å². The number of carboxylic acids is 1. The number of fused-ring (bicyclic) bond motifs is 1. The summed E-state index contributed by atoms with van der Waals surface area (Å²) in [6, 6.07) is 5.78. The van der Waals surface area contributed by atoms with E-state index in [2.05, 4.69) is 14.2 Å². The SMILES string of the molecule is COC(=O)C(OC(=O)C1(C(=O)O)Oc2ccccc2O1)C(=O)OC. The highest BCUT2D eigenvalue weighted by Gasteiger charge is 2.60. The van der Waals surface area contributed by atoms with Gasteiger partial charge >= 0.3 is 29.7 Å². The maximum absolute atomic E-state index is 12.3. The molecule has 10 heteroatoms. The van der Waals surface area contributed by atoms with Crippen LogP contribution in [0.15, 0.2) is 24.3 Å². The van der Waals surface area contributed by atoms with Crippen molar-refractivity contribution in [1.29, 1.82) is 0 Å². The molecule has 0 saturated carbocycles. The number of hydrogen-bond acceptors (Lipinski definition) is 9. The van der Waals surface area contributed by atoms with E-state index in [-0.39, 0.29) is 11.5 Å². The van der Waals surface area contributed by atoms with Gasteiger partial charge in [-0.25, -0.2) is 19.2 Å². The normalized spacial score (nSPS) is 14.0. The predicted octanol–water partition coefficient (Wildman–Crippen LogP) is -0.504. The number of hydrogen-bond donors (Lipinski definition) is 1. The highest BCUT2D eigenvalue weighted by Crippen LogP contribution is 2.39. The molecule has 2 rings (SSSR count). The summed E-state index contributed by atoms with van der Waals surface area (Å²) in [5, 5.41) is 9.33. The second-order valence-electron chi connectivity index (χ2n) is 4.40. The summed E-state index contributed by atoms with van der Waals surface area (Å²) in [6.45, 7) is 0. The van der Waals surface area contributed by atoms with Crippen molar-refractivity contribution in [2.75, 3.05) is 14.2 Å². The Morgan fingerprint density at radius 2 is 1.46 bits per heavy atom. The molecule has 0 aliphatic carbocycles. The van der Waals surface area contributed by atoms with Crippen molar-refractivity contribution in [3.05, 3.63) is 24.3 Å². The second-order valence-corrected chi connectivity index (χ2v) is 4.40. The molecule has 0 spiro atoms. The van der Waals surface area contributed by atoms with E-state index in [1.807, 2.05) is 0 Å². The minimum atomic E-state index is -2.90. The van der Waals surface area contributed by atoms with Crippen LogP contribution in [0.5, 0.6) is 11.5 Å². The molecule has 0 atom stereocenters. The lowest BCUT2D eigenvalue weighted by molar-refractivity contribution is -0.207. The summed E-state index contributed by atoms with van der Waals surface area (Å²) in [6.07, 6.45) is -2.13. The quantitative estimate of drug-likeness (QED) is 0.424. The van der Waals surface area contributed by atoms with Gasteiger partial charge < -0.3 is 28.8 Å². The molecule has 0 amide bonds. The van der Waals surface area contributed by atoms with Gasteiger partial charge in [0.1, 0.15) is 0 Å². The largest absolute Gasteiger partial charge is 0.475 e. The zero-order valence-corrected chi connectivity index (χ0v) is 12.5. The van der Waals surface area contributed by atoms with Gasteiger partial charge in [-0.2, -0.15) is 0 Å². The molecule has 1 aromatic rings. The van der Waals surface area contributed by atoms with Gasteiger partial charge in [0.25, 0.3) is 6.10 Å². The van der Waals surface area contributed by atoms with Crippen LogP contribution in [0.25, 0.3) is 0 Å². The van der Waals surface area contributed by atoms with Crippen molar-refractivity contribution < 1.29 is 48.0 Å². The Bertz CT molecular complexity index is 654. The zero-order valence-electron chi connectivity index (χ0n) is 12.5. The Balaban J connectivity index is 2.30. The van der Waals surface area contributed by atoms with Gasteiger partial charge in [0, 0.05) is 0 Å². The van der Waals surface area contributed by atoms with Crippen molar-refractivity contribution in [2.45, 2.75) is 11.9 Å². The first-order valence-electron chi connectivity index (χ1n) is 6.43. The van der Waals surface area contributed by atoms with E-state index in [1.165, 1.54) is 24.3 Å². The van der Waals surface area contributed by atoms with E-state index >= 15 is 0 Å². The Morgan fingerprint density at radius 1 is 1.00 bits per heavy atom. The van der Waals surface area contributed by atoms with Crippen LogP contribution >= 0.6 is 0 Å². The standard InChI is InChI=1S/C14H12O10/c1-20-10(15)9(11(16)21-2)22-13(19)14(12(17)18)23-7-5-3-4-6-8(7)24-14/h3-6,9H,1-2H3,(H,17,18). The smallest absolute Gasteiger partial charge is 0.453 e. The number of ether oxygens (including phenoxy) is 5. The molecule has 128 valence electrons. The Morgan fingerprint density at radius 3 is 1.83 bits per heavy atom. The minimum Gasteiger partial charge on any atom is -0.475 e. The number of para-hydroxylation sites is 2. The lowest BCUT2D eigenvalue weighted by atomic mass is 10.2. The van der Waals surface area contributed by atoms with Crippen LogP contribution in [-0.2, 0) is 33.4 Å². The number of rotatable bonds is 5. The van der Waals surface area contributed by atoms with E-state index < -0.39 is 35.8 Å². The summed E-state index contributed by atoms with van der Waals surface area (Å²) in [5.74, 6) is -8.93. The number of carboxylic acid groups (broad SMARTS) is 1. The van der Waals surface area contributed by atoms with Crippen LogP contribution in [0.3, 0.4) is 0 Å². The Hall–Kier alpha value is -3.30. The molecule has 1 aliphatic rings. The number of esters is 3. The fourth-order valence-corrected chi connectivity index (χ4v) is 1.80.